The molecule has 0 unspecified atom stereocenters. The number of imidazole rings is 1. The summed E-state index contributed by atoms with van der Waals surface area (Å²) in [7, 11) is -2.76. The molecule has 4 aromatic rings. The minimum Gasteiger partial charge on any atom is -0.482 e. The third-order valence-corrected chi connectivity index (χ3v) is 10.5. The number of hydrogen-bond donors (Lipinski definition) is 2. The summed E-state index contributed by atoms with van der Waals surface area (Å²) in [6.07, 6.45) is 4.06. The molecule has 0 aromatic carbocycles. The zero-order valence-electron chi connectivity index (χ0n) is 25.1. The number of rotatable bonds is 8. The summed E-state index contributed by atoms with van der Waals surface area (Å²) in [5.74, 6) is 0.220. The summed E-state index contributed by atoms with van der Waals surface area (Å²) < 4.78 is 61.5. The molecule has 1 amide bonds. The van der Waals surface area contributed by atoms with E-state index in [2.05, 4.69) is 4.98 Å². The Bertz CT molecular complexity index is 1940. The highest BCUT2D eigenvalue weighted by molar-refractivity contribution is 7.92. The normalized spacial score (nSPS) is 23.4. The lowest BCUT2D eigenvalue weighted by atomic mass is 9.94. The molecule has 45 heavy (non-hydrogen) atoms. The summed E-state index contributed by atoms with van der Waals surface area (Å²) >= 11 is 0. The summed E-state index contributed by atoms with van der Waals surface area (Å²) in [6.45, 7) is -0.853. The zero-order valence-corrected chi connectivity index (χ0v) is 25.9. The monoisotopic (exact) mass is 643 g/mol. The molecule has 2 aliphatic heterocycles. The van der Waals surface area contributed by atoms with E-state index in [9.17, 15) is 27.1 Å². The van der Waals surface area contributed by atoms with Crippen LogP contribution in [0.15, 0.2) is 30.3 Å². The smallest absolute Gasteiger partial charge is 0.329 e. The quantitative estimate of drug-likeness (QED) is 0.279. The van der Waals surface area contributed by atoms with Crippen LogP contribution in [0.2, 0.25) is 0 Å². The lowest BCUT2D eigenvalue weighted by molar-refractivity contribution is 0.0163. The number of amides is 1. The van der Waals surface area contributed by atoms with Gasteiger partial charge in [-0.25, -0.2) is 18.4 Å². The Morgan fingerprint density at radius 2 is 1.93 bits per heavy atom. The number of alkyl halides is 2. The first-order chi connectivity index (χ1) is 21.4. The number of pyridine rings is 2. The maximum atomic E-state index is 13.9. The second kappa shape index (κ2) is 10.6. The van der Waals surface area contributed by atoms with Crippen LogP contribution < -0.4 is 14.8 Å². The highest BCUT2D eigenvalue weighted by Gasteiger charge is 2.47. The van der Waals surface area contributed by atoms with Gasteiger partial charge in [0.25, 0.3) is 5.91 Å². The average molecular weight is 644 g/mol. The number of nitrogens with two attached hydrogens (primary N) is 1. The maximum absolute atomic E-state index is 13.9. The van der Waals surface area contributed by atoms with Crippen molar-refractivity contribution in [1.82, 2.24) is 23.8 Å². The molecule has 4 atom stereocenters. The van der Waals surface area contributed by atoms with Crippen molar-refractivity contribution in [3.63, 3.8) is 0 Å². The molecule has 2 saturated heterocycles. The molecule has 6 heterocycles. The van der Waals surface area contributed by atoms with E-state index in [1.165, 1.54) is 13.2 Å². The topological polar surface area (TPSA) is 148 Å². The van der Waals surface area contributed by atoms with Crippen molar-refractivity contribution >= 4 is 38.4 Å². The number of carbonyl (C=O) groups excluding carboxylic acids is 1. The number of nitrogens with zero attached hydrogens (tertiary/aromatic N) is 6. The Kier molecular flexibility index (Phi) is 7.05. The summed E-state index contributed by atoms with van der Waals surface area (Å²) in [5, 5.41) is 11.0. The van der Waals surface area contributed by atoms with Gasteiger partial charge < -0.3 is 25.0 Å². The van der Waals surface area contributed by atoms with E-state index < -0.39 is 28.7 Å². The molecule has 12 nitrogen and oxygen atoms in total. The first-order valence-electron chi connectivity index (χ1n) is 15.0. The number of methoxy groups -OCH3 is 1. The molecule has 1 aliphatic carbocycles. The van der Waals surface area contributed by atoms with E-state index in [4.69, 9.17) is 15.5 Å². The van der Waals surface area contributed by atoms with Crippen LogP contribution in [-0.2, 0) is 16.6 Å². The molecule has 240 valence electrons. The van der Waals surface area contributed by atoms with E-state index >= 15 is 0 Å². The van der Waals surface area contributed by atoms with Crippen LogP contribution in [0.5, 0.6) is 5.88 Å². The van der Waals surface area contributed by atoms with Gasteiger partial charge in [-0.05, 0) is 69.2 Å². The number of aliphatic hydroxyl groups is 1. The van der Waals surface area contributed by atoms with E-state index in [0.717, 1.165) is 37.6 Å². The molecule has 4 aromatic heterocycles. The summed E-state index contributed by atoms with van der Waals surface area (Å²) in [4.78, 5) is 25.0. The van der Waals surface area contributed by atoms with Crippen molar-refractivity contribution < 1.29 is 31.8 Å². The Morgan fingerprint density at radius 1 is 1.18 bits per heavy atom. The van der Waals surface area contributed by atoms with Gasteiger partial charge in [0.1, 0.15) is 22.8 Å². The number of hydrogen-bond acceptors (Lipinski definition) is 8. The fraction of sp³-hybridized carbons (Fsp3) is 0.500. The van der Waals surface area contributed by atoms with Crippen LogP contribution in [0.3, 0.4) is 0 Å². The minimum atomic E-state index is -4.28. The number of halogens is 2. The number of sulfonamides is 1. The molecule has 3 fully saturated rings. The van der Waals surface area contributed by atoms with Crippen LogP contribution in [0.4, 0.5) is 14.6 Å². The second-order valence-electron chi connectivity index (χ2n) is 12.4. The van der Waals surface area contributed by atoms with Gasteiger partial charge in [0.05, 0.1) is 42.9 Å². The van der Waals surface area contributed by atoms with Crippen LogP contribution in [0.25, 0.3) is 28.1 Å². The van der Waals surface area contributed by atoms with Crippen LogP contribution in [0, 0.1) is 12.8 Å². The van der Waals surface area contributed by atoms with Crippen molar-refractivity contribution in [3.05, 3.63) is 41.6 Å². The predicted octanol–water partition coefficient (Wildman–Crippen LogP) is 3.13. The van der Waals surface area contributed by atoms with E-state index in [1.807, 2.05) is 22.0 Å². The van der Waals surface area contributed by atoms with Gasteiger partial charge >= 0.3 is 6.55 Å². The third kappa shape index (κ3) is 4.91. The number of fused-ring (bicyclic) bond motifs is 4. The van der Waals surface area contributed by atoms with Gasteiger partial charge in [-0.2, -0.15) is 13.1 Å². The molecule has 15 heteroatoms. The second-order valence-corrected chi connectivity index (χ2v) is 14.3. The van der Waals surface area contributed by atoms with Gasteiger partial charge in [-0.15, -0.1) is 0 Å². The molecule has 0 radical (unpaired) electrons. The molecule has 0 spiro atoms. The number of aromatic nitrogens is 4. The average Bonchev–Trinajstić information content (AvgIpc) is 3.52. The van der Waals surface area contributed by atoms with Gasteiger partial charge in [0.15, 0.2) is 5.88 Å². The summed E-state index contributed by atoms with van der Waals surface area (Å²) in [5.41, 5.74) is 9.56. The van der Waals surface area contributed by atoms with Crippen LogP contribution >= 0.6 is 0 Å². The van der Waals surface area contributed by atoms with Gasteiger partial charge in [0, 0.05) is 29.6 Å². The van der Waals surface area contributed by atoms with Crippen LogP contribution in [0.1, 0.15) is 48.2 Å². The van der Waals surface area contributed by atoms with E-state index in [-0.39, 0.29) is 28.1 Å². The Labute approximate surface area is 258 Å². The first kappa shape index (κ1) is 29.9. The number of piperidine rings is 1. The minimum absolute atomic E-state index is 0.0161. The first-order valence-corrected chi connectivity index (χ1v) is 16.8. The number of anilines is 1. The molecule has 1 saturated carbocycles. The number of aryl methyl sites for hydroxylation is 1. The van der Waals surface area contributed by atoms with Crippen molar-refractivity contribution in [2.24, 2.45) is 11.7 Å². The molecule has 3 N–H and O–H groups in total. The van der Waals surface area contributed by atoms with E-state index in [1.54, 1.807) is 23.1 Å². The fourth-order valence-electron chi connectivity index (χ4n) is 7.07. The highest BCUT2D eigenvalue weighted by atomic mass is 32.2. The van der Waals surface area contributed by atoms with Gasteiger partial charge in [-0.1, -0.05) is 0 Å². The predicted molar refractivity (Wildman–Crippen MR) is 163 cm³/mol. The Hall–Kier alpha value is -3.82. The van der Waals surface area contributed by atoms with Crippen LogP contribution in [-0.4, -0.2) is 87.4 Å². The molecule has 7 rings (SSSR count). The Balaban J connectivity index is 1.34. The lowest BCUT2D eigenvalue weighted by Crippen LogP contribution is -2.59. The molecular weight excluding hydrogens is 608 g/mol. The summed E-state index contributed by atoms with van der Waals surface area (Å²) in [6, 6.07) is 7.29. The zero-order chi connectivity index (χ0) is 31.9. The SMILES string of the molecule is COc1cc(C(=O)N2[C@H]3CC[C@@H]2[C@H](N)[C@H](O)C3)cc2nc(-c3cc4ccc(N(C(F)F)S(C)(=O)=O)nc4n3CC3CC3)c(C)n12. The largest absolute Gasteiger partial charge is 0.482 e. The lowest BCUT2D eigenvalue weighted by Gasteiger charge is -2.41. The number of aliphatic hydroxyl groups excluding tert-OH is 1. The third-order valence-electron chi connectivity index (χ3n) is 9.43. The standard InChI is InChI=1S/C30H35F2N7O5S/c1-15-27(21-10-17-6-9-23(39(30(31)32)45(3,42)43)35-28(17)36(21)14-16-4-5-16)34-24-11-18(12-25(44-2)37(15)24)29(41)38-19-7-8-20(38)26(33)22(40)13-19/h6,9-12,16,19-20,22,26,30,40H,4-5,7-8,13-14,33H2,1-3H3/t19-,20+,22+,26-/m0/s1. The van der Waals surface area contributed by atoms with Crippen molar-refractivity contribution in [2.45, 2.75) is 76.4 Å². The maximum Gasteiger partial charge on any atom is 0.329 e. The molecule has 3 aliphatic rings. The van der Waals surface area contributed by atoms with Crippen molar-refractivity contribution in [2.75, 3.05) is 17.7 Å². The van der Waals surface area contributed by atoms with E-state index in [0.29, 0.717) is 58.4 Å². The van der Waals surface area contributed by atoms with Gasteiger partial charge in [0.2, 0.25) is 10.0 Å². The number of carbonyl (C=O) groups is 1. The molecular formula is C30H35F2N7O5S. The molecule has 2 bridgehead atoms. The highest BCUT2D eigenvalue weighted by Crippen LogP contribution is 2.39. The number of ether oxygens (including phenoxy) is 1. The van der Waals surface area contributed by atoms with Gasteiger partial charge in [-0.3, -0.25) is 9.20 Å². The van der Waals surface area contributed by atoms with Crippen molar-refractivity contribution in [3.8, 4) is 17.3 Å². The Morgan fingerprint density at radius 3 is 2.60 bits per heavy atom. The fourth-order valence-corrected chi connectivity index (χ4v) is 7.80. The van der Waals surface area contributed by atoms with Crippen molar-refractivity contribution in [1.29, 1.82) is 0 Å².